The number of hydrogen-bond donors (Lipinski definition) is 3. The summed E-state index contributed by atoms with van der Waals surface area (Å²) < 4.78 is 36.4. The predicted molar refractivity (Wildman–Crippen MR) is 96.4 cm³/mol. The van der Waals surface area contributed by atoms with E-state index in [2.05, 4.69) is 11.4 Å². The van der Waals surface area contributed by atoms with E-state index in [1.165, 1.54) is 12.0 Å². The van der Waals surface area contributed by atoms with Crippen LogP contribution < -0.4 is 5.32 Å². The Morgan fingerprint density at radius 3 is 2.44 bits per heavy atom. The minimum atomic E-state index is -4.67. The highest BCUT2D eigenvalue weighted by atomic mass is 35.5. The highest BCUT2D eigenvalue weighted by Crippen LogP contribution is 2.23. The quantitative estimate of drug-likeness (QED) is 0.498. The molecule has 0 radical (unpaired) electrons. The highest BCUT2D eigenvalue weighted by molar-refractivity contribution is 7.79. The molecule has 1 aromatic carbocycles. The van der Waals surface area contributed by atoms with Gasteiger partial charge in [0.1, 0.15) is 6.04 Å². The number of esters is 1. The van der Waals surface area contributed by atoms with Crippen LogP contribution in [0, 0.1) is 0 Å². The first-order valence-electron chi connectivity index (χ1n) is 7.00. The van der Waals surface area contributed by atoms with Crippen LogP contribution >= 0.6 is 22.9 Å². The van der Waals surface area contributed by atoms with E-state index in [-0.39, 0.29) is 5.97 Å². The Labute approximate surface area is 155 Å². The van der Waals surface area contributed by atoms with Crippen LogP contribution in [-0.4, -0.2) is 37.1 Å². The number of rotatable bonds is 6. The molecule has 0 aliphatic heterocycles. The number of hydrogen-bond acceptors (Lipinski definition) is 6. The van der Waals surface area contributed by atoms with Crippen molar-refractivity contribution >= 4 is 39.3 Å². The third kappa shape index (κ3) is 8.96. The summed E-state index contributed by atoms with van der Waals surface area (Å²) in [6.07, 6.45) is 0.871. The minimum Gasteiger partial charge on any atom is -0.468 e. The van der Waals surface area contributed by atoms with Gasteiger partial charge in [0.15, 0.2) is 0 Å². The molecule has 1 atom stereocenters. The Bertz CT molecular complexity index is 756. The summed E-state index contributed by atoms with van der Waals surface area (Å²) >= 11 is 7.86. The van der Waals surface area contributed by atoms with Gasteiger partial charge in [-0.25, -0.2) is 4.79 Å². The first kappa shape index (κ1) is 21.6. The third-order valence-electron chi connectivity index (χ3n) is 2.95. The molecule has 1 unspecified atom stereocenters. The molecule has 1 heterocycles. The number of halogens is 1. The van der Waals surface area contributed by atoms with Gasteiger partial charge < -0.3 is 10.1 Å². The second-order valence-corrected chi connectivity index (χ2v) is 7.04. The molecule has 10 heteroatoms. The summed E-state index contributed by atoms with van der Waals surface area (Å²) in [4.78, 5) is 13.2. The molecule has 0 saturated heterocycles. The van der Waals surface area contributed by atoms with Gasteiger partial charge in [-0.05, 0) is 29.5 Å². The zero-order valence-corrected chi connectivity index (χ0v) is 15.6. The zero-order chi connectivity index (χ0) is 18.9. The van der Waals surface area contributed by atoms with Crippen LogP contribution in [0.4, 0.5) is 0 Å². The number of methoxy groups -OCH3 is 1. The van der Waals surface area contributed by atoms with Gasteiger partial charge in [-0.15, -0.1) is 11.3 Å². The van der Waals surface area contributed by atoms with Crippen molar-refractivity contribution in [3.8, 4) is 0 Å². The molecule has 2 aromatic rings. The normalized spacial score (nSPS) is 12.0. The van der Waals surface area contributed by atoms with E-state index in [0.29, 0.717) is 11.6 Å². The van der Waals surface area contributed by atoms with Crippen molar-refractivity contribution in [1.82, 2.24) is 5.32 Å². The number of carbonyl (C=O) groups is 1. The molecule has 2 rings (SSSR count). The van der Waals surface area contributed by atoms with E-state index in [1.807, 2.05) is 29.6 Å². The van der Waals surface area contributed by atoms with E-state index in [0.717, 1.165) is 12.0 Å². The smallest absolute Gasteiger partial charge is 0.394 e. The summed E-state index contributed by atoms with van der Waals surface area (Å²) in [6, 6.07) is 10.9. The fraction of sp³-hybridized carbons (Fsp3) is 0.267. The first-order chi connectivity index (χ1) is 11.7. The van der Waals surface area contributed by atoms with Gasteiger partial charge in [0.05, 0.1) is 7.11 Å². The fourth-order valence-electron chi connectivity index (χ4n) is 1.94. The molecule has 0 aliphatic carbocycles. The van der Waals surface area contributed by atoms with Gasteiger partial charge in [0.2, 0.25) is 0 Å². The van der Waals surface area contributed by atoms with Crippen molar-refractivity contribution in [3.05, 3.63) is 57.2 Å². The Hall–Kier alpha value is -1.49. The van der Waals surface area contributed by atoms with Gasteiger partial charge >= 0.3 is 16.4 Å². The second kappa shape index (κ2) is 10.5. The fourth-order valence-corrected chi connectivity index (χ4v) is 2.90. The average Bonchev–Trinajstić information content (AvgIpc) is 3.04. The molecule has 0 bridgehead atoms. The Kier molecular flexibility index (Phi) is 9.04. The Morgan fingerprint density at radius 1 is 1.28 bits per heavy atom. The first-order valence-corrected chi connectivity index (χ1v) is 9.65. The number of benzene rings is 1. The molecule has 0 aliphatic rings. The average molecular weight is 408 g/mol. The van der Waals surface area contributed by atoms with Gasteiger partial charge in [0, 0.05) is 16.4 Å². The summed E-state index contributed by atoms with van der Waals surface area (Å²) in [5.74, 6) is -0.329. The molecule has 1 aromatic heterocycles. The molecular formula is C15H18ClNO6S2. The number of carbonyl (C=O) groups excluding carboxylic acids is 1. The molecule has 25 heavy (non-hydrogen) atoms. The third-order valence-corrected chi connectivity index (χ3v) is 4.23. The summed E-state index contributed by atoms with van der Waals surface area (Å²) in [5, 5.41) is 5.82. The van der Waals surface area contributed by atoms with Crippen molar-refractivity contribution in [2.45, 2.75) is 12.5 Å². The van der Waals surface area contributed by atoms with Gasteiger partial charge in [-0.2, -0.15) is 8.42 Å². The molecular weight excluding hydrogens is 390 g/mol. The van der Waals surface area contributed by atoms with Crippen LogP contribution in [0.1, 0.15) is 16.5 Å². The van der Waals surface area contributed by atoms with E-state index in [4.69, 9.17) is 33.9 Å². The molecule has 0 fully saturated rings. The molecule has 0 amide bonds. The zero-order valence-electron chi connectivity index (χ0n) is 13.3. The maximum Gasteiger partial charge on any atom is 0.394 e. The number of thiophene rings is 1. The largest absolute Gasteiger partial charge is 0.468 e. The van der Waals surface area contributed by atoms with Crippen molar-refractivity contribution in [1.29, 1.82) is 0 Å². The molecule has 0 saturated carbocycles. The molecule has 138 valence electrons. The van der Waals surface area contributed by atoms with Crippen LogP contribution in [0.15, 0.2) is 41.8 Å². The van der Waals surface area contributed by atoms with E-state index >= 15 is 0 Å². The lowest BCUT2D eigenvalue weighted by Crippen LogP contribution is -2.31. The van der Waals surface area contributed by atoms with Crippen LogP contribution in [0.3, 0.4) is 0 Å². The van der Waals surface area contributed by atoms with Gasteiger partial charge in [-0.1, -0.05) is 35.9 Å². The second-order valence-electron chi connectivity index (χ2n) is 4.71. The molecule has 0 spiro atoms. The summed E-state index contributed by atoms with van der Waals surface area (Å²) in [5.41, 5.74) is 0.743. The van der Waals surface area contributed by atoms with Crippen molar-refractivity contribution in [3.63, 3.8) is 0 Å². The lowest BCUT2D eigenvalue weighted by atomic mass is 10.1. The topological polar surface area (TPSA) is 113 Å². The lowest BCUT2D eigenvalue weighted by Gasteiger charge is -2.17. The van der Waals surface area contributed by atoms with Crippen molar-refractivity contribution in [2.24, 2.45) is 0 Å². The van der Waals surface area contributed by atoms with Crippen molar-refractivity contribution < 1.29 is 27.1 Å². The summed E-state index contributed by atoms with van der Waals surface area (Å²) in [7, 11) is -3.28. The number of nitrogens with one attached hydrogen (secondary N) is 1. The Balaban J connectivity index is 0.000000550. The highest BCUT2D eigenvalue weighted by Gasteiger charge is 2.22. The van der Waals surface area contributed by atoms with E-state index in [9.17, 15) is 4.79 Å². The van der Waals surface area contributed by atoms with Crippen LogP contribution in [0.2, 0.25) is 5.02 Å². The van der Waals surface area contributed by atoms with E-state index < -0.39 is 16.4 Å². The van der Waals surface area contributed by atoms with Crippen LogP contribution in [0.25, 0.3) is 0 Å². The lowest BCUT2D eigenvalue weighted by molar-refractivity contribution is -0.143. The Morgan fingerprint density at radius 2 is 1.92 bits per heavy atom. The monoisotopic (exact) mass is 407 g/mol. The summed E-state index contributed by atoms with van der Waals surface area (Å²) in [6.45, 7) is 0.686. The van der Waals surface area contributed by atoms with Crippen molar-refractivity contribution in [2.75, 3.05) is 13.7 Å². The maximum absolute atomic E-state index is 11.9. The SMILES string of the molecule is COC(=O)C(NCCc1cccs1)c1ccccc1Cl.O=S(=O)(O)O. The standard InChI is InChI=1S/C15H16ClNO2S.H2O4S/c1-19-15(18)14(12-6-2-3-7-13(12)16)17-9-8-11-5-4-10-20-11;1-5(2,3)4/h2-7,10,14,17H,8-9H2,1H3;(H2,1,2,3,4). The number of ether oxygens (including phenoxy) is 1. The molecule has 3 N–H and O–H groups in total. The minimum absolute atomic E-state index is 0.329. The van der Waals surface area contributed by atoms with Gasteiger partial charge in [-0.3, -0.25) is 9.11 Å². The maximum atomic E-state index is 11.9. The van der Waals surface area contributed by atoms with Crippen LogP contribution in [0.5, 0.6) is 0 Å². The van der Waals surface area contributed by atoms with Crippen LogP contribution in [-0.2, 0) is 26.4 Å². The van der Waals surface area contributed by atoms with E-state index in [1.54, 1.807) is 17.4 Å². The predicted octanol–water partition coefficient (Wildman–Crippen LogP) is 2.80. The molecule has 7 nitrogen and oxygen atoms in total. The van der Waals surface area contributed by atoms with Gasteiger partial charge in [0.25, 0.3) is 0 Å².